The highest BCUT2D eigenvalue weighted by Crippen LogP contribution is 2.21. The van der Waals surface area contributed by atoms with Gasteiger partial charge >= 0.3 is 0 Å². The topological polar surface area (TPSA) is 47.3 Å². The fourth-order valence-electron chi connectivity index (χ4n) is 1.56. The molecule has 15 heavy (non-hydrogen) atoms. The minimum absolute atomic E-state index is 0.0457. The number of aryl methyl sites for hydroxylation is 1. The zero-order chi connectivity index (χ0) is 11.3. The normalized spacial score (nSPS) is 12.5. The molecule has 3 N–H and O–H groups in total. The molecule has 0 amide bonds. The monoisotopic (exact) mass is 208 g/mol. The van der Waals surface area contributed by atoms with Crippen LogP contribution in [0, 0.1) is 6.92 Å². The number of nitrogens with two attached hydrogens (primary N) is 1. The first-order chi connectivity index (χ1) is 7.19. The molecule has 0 fully saturated rings. The Bertz CT molecular complexity index is 312. The first kappa shape index (κ1) is 12.0. The minimum Gasteiger partial charge on any atom is -0.494 e. The van der Waals surface area contributed by atoms with Crippen molar-refractivity contribution in [3.63, 3.8) is 0 Å². The predicted octanol–water partition coefficient (Wildman–Crippen LogP) is 1.61. The second kappa shape index (κ2) is 5.73. The third kappa shape index (κ3) is 3.22. The number of hydrogen-bond acceptors (Lipinski definition) is 3. The molecule has 0 aliphatic carbocycles. The summed E-state index contributed by atoms with van der Waals surface area (Å²) in [5.41, 5.74) is 8.28. The molecule has 84 valence electrons. The molecule has 0 bridgehead atoms. The van der Waals surface area contributed by atoms with Crippen LogP contribution in [-0.4, -0.2) is 20.2 Å². The standard InChI is InChI=1S/C12H20N2O/c1-4-15-12-6-5-10(7-9(12)2)11(13)8-14-3/h5-7,11,14H,4,8,13H2,1-3H3. The summed E-state index contributed by atoms with van der Waals surface area (Å²) in [5.74, 6) is 0.943. The molecule has 3 nitrogen and oxygen atoms in total. The molecule has 1 atom stereocenters. The summed E-state index contributed by atoms with van der Waals surface area (Å²) in [5, 5.41) is 3.07. The van der Waals surface area contributed by atoms with Gasteiger partial charge in [-0.15, -0.1) is 0 Å². The Labute approximate surface area is 91.6 Å². The van der Waals surface area contributed by atoms with E-state index in [9.17, 15) is 0 Å². The maximum atomic E-state index is 6.00. The number of nitrogens with one attached hydrogen (secondary N) is 1. The summed E-state index contributed by atoms with van der Waals surface area (Å²) >= 11 is 0. The van der Waals surface area contributed by atoms with Gasteiger partial charge in [0.2, 0.25) is 0 Å². The van der Waals surface area contributed by atoms with E-state index in [1.54, 1.807) is 0 Å². The summed E-state index contributed by atoms with van der Waals surface area (Å²) in [6.07, 6.45) is 0. The predicted molar refractivity (Wildman–Crippen MR) is 63.2 cm³/mol. The minimum atomic E-state index is 0.0457. The third-order valence-corrected chi connectivity index (χ3v) is 2.35. The van der Waals surface area contributed by atoms with Gasteiger partial charge in [-0.25, -0.2) is 0 Å². The molecular formula is C12H20N2O. The van der Waals surface area contributed by atoms with Gasteiger partial charge in [0.25, 0.3) is 0 Å². The lowest BCUT2D eigenvalue weighted by Crippen LogP contribution is -2.23. The maximum absolute atomic E-state index is 6.00. The Morgan fingerprint density at radius 3 is 2.73 bits per heavy atom. The van der Waals surface area contributed by atoms with E-state index in [2.05, 4.69) is 11.4 Å². The second-order valence-corrected chi connectivity index (χ2v) is 3.62. The summed E-state index contributed by atoms with van der Waals surface area (Å²) in [6, 6.07) is 6.15. The van der Waals surface area contributed by atoms with Gasteiger partial charge in [-0.2, -0.15) is 0 Å². The Morgan fingerprint density at radius 2 is 2.20 bits per heavy atom. The van der Waals surface area contributed by atoms with Crippen molar-refractivity contribution in [1.82, 2.24) is 5.32 Å². The van der Waals surface area contributed by atoms with Crippen LogP contribution >= 0.6 is 0 Å². The maximum Gasteiger partial charge on any atom is 0.122 e. The summed E-state index contributed by atoms with van der Waals surface area (Å²) in [6.45, 7) is 5.51. The molecule has 3 heteroatoms. The van der Waals surface area contributed by atoms with E-state index in [-0.39, 0.29) is 6.04 Å². The molecule has 0 aromatic heterocycles. The fourth-order valence-corrected chi connectivity index (χ4v) is 1.56. The summed E-state index contributed by atoms with van der Waals surface area (Å²) in [4.78, 5) is 0. The SMILES string of the molecule is CCOc1ccc(C(N)CNC)cc1C. The average Bonchev–Trinajstić information content (AvgIpc) is 2.21. The lowest BCUT2D eigenvalue weighted by molar-refractivity contribution is 0.337. The third-order valence-electron chi connectivity index (χ3n) is 2.35. The van der Waals surface area contributed by atoms with Crippen LogP contribution in [-0.2, 0) is 0 Å². The molecule has 0 radical (unpaired) electrons. The van der Waals surface area contributed by atoms with Crippen molar-refractivity contribution in [2.24, 2.45) is 5.73 Å². The molecule has 0 saturated heterocycles. The van der Waals surface area contributed by atoms with Gasteiger partial charge in [0.05, 0.1) is 6.61 Å². The molecule has 0 heterocycles. The van der Waals surface area contributed by atoms with E-state index in [1.807, 2.05) is 33.0 Å². The highest BCUT2D eigenvalue weighted by molar-refractivity contribution is 5.37. The van der Waals surface area contributed by atoms with E-state index in [1.165, 1.54) is 0 Å². The van der Waals surface area contributed by atoms with Crippen molar-refractivity contribution < 1.29 is 4.74 Å². The Kier molecular flexibility index (Phi) is 4.59. The van der Waals surface area contributed by atoms with E-state index in [0.29, 0.717) is 6.61 Å². The molecule has 1 aromatic carbocycles. The number of likely N-dealkylation sites (N-methyl/N-ethyl adjacent to an activating group) is 1. The van der Waals surface area contributed by atoms with Crippen LogP contribution in [0.3, 0.4) is 0 Å². The van der Waals surface area contributed by atoms with Crippen LogP contribution in [0.1, 0.15) is 24.1 Å². The van der Waals surface area contributed by atoms with Gasteiger partial charge in [-0.05, 0) is 38.1 Å². The van der Waals surface area contributed by atoms with Crippen LogP contribution < -0.4 is 15.8 Å². The fraction of sp³-hybridized carbons (Fsp3) is 0.500. The zero-order valence-corrected chi connectivity index (χ0v) is 9.71. The number of hydrogen-bond donors (Lipinski definition) is 2. The lowest BCUT2D eigenvalue weighted by Gasteiger charge is -2.14. The highest BCUT2D eigenvalue weighted by Gasteiger charge is 2.06. The summed E-state index contributed by atoms with van der Waals surface area (Å²) in [7, 11) is 1.90. The van der Waals surface area contributed by atoms with Gasteiger partial charge in [0.1, 0.15) is 5.75 Å². The first-order valence-electron chi connectivity index (χ1n) is 5.32. The number of benzene rings is 1. The first-order valence-corrected chi connectivity index (χ1v) is 5.32. The Hall–Kier alpha value is -1.06. The average molecular weight is 208 g/mol. The van der Waals surface area contributed by atoms with Crippen molar-refractivity contribution in [3.05, 3.63) is 29.3 Å². The lowest BCUT2D eigenvalue weighted by atomic mass is 10.0. The second-order valence-electron chi connectivity index (χ2n) is 3.62. The molecule has 1 aromatic rings. The molecule has 0 aliphatic rings. The van der Waals surface area contributed by atoms with Crippen molar-refractivity contribution in [2.75, 3.05) is 20.2 Å². The van der Waals surface area contributed by atoms with Crippen molar-refractivity contribution in [2.45, 2.75) is 19.9 Å². The van der Waals surface area contributed by atoms with Gasteiger partial charge in [-0.3, -0.25) is 0 Å². The van der Waals surface area contributed by atoms with E-state index >= 15 is 0 Å². The van der Waals surface area contributed by atoms with Crippen LogP contribution in [0.2, 0.25) is 0 Å². The smallest absolute Gasteiger partial charge is 0.122 e. The molecule has 0 saturated carbocycles. The van der Waals surface area contributed by atoms with Gasteiger partial charge in [0.15, 0.2) is 0 Å². The van der Waals surface area contributed by atoms with Crippen LogP contribution in [0.4, 0.5) is 0 Å². The van der Waals surface area contributed by atoms with Gasteiger partial charge in [0, 0.05) is 12.6 Å². The van der Waals surface area contributed by atoms with Crippen molar-refractivity contribution >= 4 is 0 Å². The van der Waals surface area contributed by atoms with Crippen LogP contribution in [0.5, 0.6) is 5.75 Å². The van der Waals surface area contributed by atoms with E-state index < -0.39 is 0 Å². The molecule has 0 aliphatic heterocycles. The van der Waals surface area contributed by atoms with Gasteiger partial charge in [-0.1, -0.05) is 12.1 Å². The Morgan fingerprint density at radius 1 is 1.47 bits per heavy atom. The van der Waals surface area contributed by atoms with Crippen LogP contribution in [0.15, 0.2) is 18.2 Å². The van der Waals surface area contributed by atoms with Gasteiger partial charge < -0.3 is 15.8 Å². The molecule has 1 rings (SSSR count). The van der Waals surface area contributed by atoms with Crippen LogP contribution in [0.25, 0.3) is 0 Å². The molecule has 0 spiro atoms. The number of ether oxygens (including phenoxy) is 1. The van der Waals surface area contributed by atoms with E-state index in [0.717, 1.165) is 23.4 Å². The zero-order valence-electron chi connectivity index (χ0n) is 9.71. The van der Waals surface area contributed by atoms with E-state index in [4.69, 9.17) is 10.5 Å². The molecule has 1 unspecified atom stereocenters. The largest absolute Gasteiger partial charge is 0.494 e. The van der Waals surface area contributed by atoms with Crippen molar-refractivity contribution in [3.8, 4) is 5.75 Å². The quantitative estimate of drug-likeness (QED) is 0.773. The molecular weight excluding hydrogens is 188 g/mol. The number of rotatable bonds is 5. The Balaban J connectivity index is 2.81. The highest BCUT2D eigenvalue weighted by atomic mass is 16.5. The van der Waals surface area contributed by atoms with Crippen molar-refractivity contribution in [1.29, 1.82) is 0 Å². The summed E-state index contributed by atoms with van der Waals surface area (Å²) < 4.78 is 5.47.